The van der Waals surface area contributed by atoms with Gasteiger partial charge in [-0.05, 0) is 36.4 Å². The topological polar surface area (TPSA) is 54.7 Å². The smallest absolute Gasteiger partial charge is 0.171 e. The minimum absolute atomic E-state index is 0.575. The second-order valence-corrected chi connectivity index (χ2v) is 5.06. The molecule has 1 aromatic heterocycles. The number of nitrogens with two attached hydrogens (primary N) is 1. The fourth-order valence-corrected chi connectivity index (χ4v) is 2.53. The summed E-state index contributed by atoms with van der Waals surface area (Å²) in [5, 5.41) is 0.603. The van der Waals surface area contributed by atoms with Gasteiger partial charge in [0, 0.05) is 10.6 Å². The van der Waals surface area contributed by atoms with Crippen molar-refractivity contribution in [2.45, 2.75) is 10.1 Å². The Hall–Kier alpha value is -2.08. The number of nitrogen functional groups attached to an aromatic ring is 1. The van der Waals surface area contributed by atoms with Gasteiger partial charge in [-0.2, -0.15) is 0 Å². The fourth-order valence-electron chi connectivity index (χ4n) is 1.70. The highest BCUT2D eigenvalue weighted by Gasteiger charge is 2.07. The number of anilines is 1. The molecule has 3 aromatic rings. The molecule has 0 radical (unpaired) electrons. The van der Waals surface area contributed by atoms with Crippen LogP contribution in [-0.2, 0) is 0 Å². The molecule has 0 atom stereocenters. The van der Waals surface area contributed by atoms with Gasteiger partial charge in [-0.15, -0.1) is 0 Å². The summed E-state index contributed by atoms with van der Waals surface area (Å²) < 4.78 is 25.9. The predicted octanol–water partition coefficient (Wildman–Crippen LogP) is 3.57. The summed E-state index contributed by atoms with van der Waals surface area (Å²) in [6, 6.07) is 9.08. The van der Waals surface area contributed by atoms with E-state index in [0.717, 1.165) is 23.2 Å². The second kappa shape index (κ2) is 4.55. The molecule has 96 valence electrons. The summed E-state index contributed by atoms with van der Waals surface area (Å²) in [6.45, 7) is 0. The molecule has 0 saturated heterocycles. The molecule has 0 aliphatic rings. The highest BCUT2D eigenvalue weighted by molar-refractivity contribution is 7.99. The van der Waals surface area contributed by atoms with Crippen molar-refractivity contribution in [1.82, 2.24) is 9.97 Å². The van der Waals surface area contributed by atoms with Crippen LogP contribution in [0.25, 0.3) is 11.0 Å². The molecular formula is C13H9F2N3S. The maximum Gasteiger partial charge on any atom is 0.171 e. The molecule has 0 bridgehead atoms. The summed E-state index contributed by atoms with van der Waals surface area (Å²) in [4.78, 5) is 7.99. The number of nitrogens with one attached hydrogen (secondary N) is 1. The number of halogens is 2. The molecule has 0 unspecified atom stereocenters. The molecular weight excluding hydrogens is 268 g/mol. The Kier molecular flexibility index (Phi) is 2.87. The lowest BCUT2D eigenvalue weighted by Crippen LogP contribution is -1.84. The van der Waals surface area contributed by atoms with Crippen LogP contribution in [-0.4, -0.2) is 9.97 Å². The van der Waals surface area contributed by atoms with Crippen LogP contribution in [0.3, 0.4) is 0 Å². The standard InChI is InChI=1S/C13H9F2N3S/c14-9-3-2-8(6-10(9)15)19-13-17-11-4-1-7(16)5-12(11)18-13/h1-6H,16H2,(H,17,18). The normalized spacial score (nSPS) is 11.1. The number of nitrogens with zero attached hydrogens (tertiary/aromatic N) is 1. The Morgan fingerprint density at radius 1 is 1.05 bits per heavy atom. The molecule has 0 fully saturated rings. The third-order valence-corrected chi connectivity index (χ3v) is 3.47. The van der Waals surface area contributed by atoms with Crippen LogP contribution < -0.4 is 5.73 Å². The van der Waals surface area contributed by atoms with Gasteiger partial charge in [0.2, 0.25) is 0 Å². The van der Waals surface area contributed by atoms with Crippen molar-refractivity contribution in [2.75, 3.05) is 5.73 Å². The summed E-state index contributed by atoms with van der Waals surface area (Å²) in [7, 11) is 0. The van der Waals surface area contributed by atoms with Crippen molar-refractivity contribution in [1.29, 1.82) is 0 Å². The van der Waals surface area contributed by atoms with Crippen LogP contribution in [0.2, 0.25) is 0 Å². The third kappa shape index (κ3) is 2.39. The van der Waals surface area contributed by atoms with E-state index < -0.39 is 11.6 Å². The van der Waals surface area contributed by atoms with E-state index in [1.54, 1.807) is 18.2 Å². The van der Waals surface area contributed by atoms with Gasteiger partial charge in [-0.1, -0.05) is 11.8 Å². The quantitative estimate of drug-likeness (QED) is 0.704. The van der Waals surface area contributed by atoms with Crippen molar-refractivity contribution in [3.63, 3.8) is 0 Å². The van der Waals surface area contributed by atoms with Crippen LogP contribution in [0.5, 0.6) is 0 Å². The average Bonchev–Trinajstić information content (AvgIpc) is 2.75. The molecule has 3 nitrogen and oxygen atoms in total. The number of aromatic nitrogens is 2. The summed E-state index contributed by atoms with van der Waals surface area (Å²) in [5.41, 5.74) is 7.90. The van der Waals surface area contributed by atoms with Crippen molar-refractivity contribution in [2.24, 2.45) is 0 Å². The van der Waals surface area contributed by atoms with Crippen LogP contribution in [0.4, 0.5) is 14.5 Å². The van der Waals surface area contributed by atoms with Gasteiger partial charge in [0.05, 0.1) is 11.0 Å². The highest BCUT2D eigenvalue weighted by Crippen LogP contribution is 2.28. The molecule has 0 aliphatic heterocycles. The predicted molar refractivity (Wildman–Crippen MR) is 71.0 cm³/mol. The van der Waals surface area contributed by atoms with E-state index in [1.807, 2.05) is 0 Å². The Balaban J connectivity index is 1.94. The van der Waals surface area contributed by atoms with Crippen LogP contribution in [0.1, 0.15) is 0 Å². The van der Waals surface area contributed by atoms with E-state index in [0.29, 0.717) is 15.7 Å². The van der Waals surface area contributed by atoms with Gasteiger partial charge < -0.3 is 10.7 Å². The SMILES string of the molecule is Nc1ccc2nc(Sc3ccc(F)c(F)c3)[nH]c2c1. The summed E-state index contributed by atoms with van der Waals surface area (Å²) >= 11 is 1.23. The van der Waals surface area contributed by atoms with E-state index in [-0.39, 0.29) is 0 Å². The summed E-state index contributed by atoms with van der Waals surface area (Å²) in [6.07, 6.45) is 0. The fraction of sp³-hybridized carbons (Fsp3) is 0. The highest BCUT2D eigenvalue weighted by atomic mass is 32.2. The Morgan fingerprint density at radius 3 is 2.68 bits per heavy atom. The number of fused-ring (bicyclic) bond motifs is 1. The third-order valence-electron chi connectivity index (χ3n) is 2.59. The average molecular weight is 277 g/mol. The first-order chi connectivity index (χ1) is 9.11. The minimum Gasteiger partial charge on any atom is -0.399 e. The first-order valence-corrected chi connectivity index (χ1v) is 6.31. The van der Waals surface area contributed by atoms with Crippen molar-refractivity contribution < 1.29 is 8.78 Å². The van der Waals surface area contributed by atoms with Crippen molar-refractivity contribution in [3.8, 4) is 0 Å². The van der Waals surface area contributed by atoms with Crippen molar-refractivity contribution in [3.05, 3.63) is 48.0 Å². The Bertz CT molecular complexity index is 755. The number of rotatable bonds is 2. The number of hydrogen-bond donors (Lipinski definition) is 2. The lowest BCUT2D eigenvalue weighted by Gasteiger charge is -1.98. The van der Waals surface area contributed by atoms with Gasteiger partial charge in [-0.25, -0.2) is 13.8 Å². The van der Waals surface area contributed by atoms with Gasteiger partial charge >= 0.3 is 0 Å². The van der Waals surface area contributed by atoms with Gasteiger partial charge in [0.1, 0.15) is 0 Å². The molecule has 0 spiro atoms. The lowest BCUT2D eigenvalue weighted by atomic mass is 10.3. The maximum absolute atomic E-state index is 13.1. The van der Waals surface area contributed by atoms with Gasteiger partial charge in [0.25, 0.3) is 0 Å². The second-order valence-electron chi connectivity index (χ2n) is 4.00. The van der Waals surface area contributed by atoms with E-state index in [2.05, 4.69) is 9.97 Å². The molecule has 3 rings (SSSR count). The molecule has 0 aliphatic carbocycles. The van der Waals surface area contributed by atoms with E-state index in [9.17, 15) is 8.78 Å². The first-order valence-electron chi connectivity index (χ1n) is 5.50. The molecule has 0 amide bonds. The van der Waals surface area contributed by atoms with Crippen molar-refractivity contribution >= 4 is 28.5 Å². The van der Waals surface area contributed by atoms with E-state index in [4.69, 9.17) is 5.73 Å². The molecule has 19 heavy (non-hydrogen) atoms. The van der Waals surface area contributed by atoms with E-state index >= 15 is 0 Å². The zero-order chi connectivity index (χ0) is 13.4. The zero-order valence-electron chi connectivity index (χ0n) is 9.65. The maximum atomic E-state index is 13.1. The summed E-state index contributed by atoms with van der Waals surface area (Å²) in [5.74, 6) is -1.73. The van der Waals surface area contributed by atoms with Crippen LogP contribution in [0.15, 0.2) is 46.5 Å². The molecule has 3 N–H and O–H groups in total. The minimum atomic E-state index is -0.870. The largest absolute Gasteiger partial charge is 0.399 e. The Labute approximate surface area is 111 Å². The number of aromatic amines is 1. The monoisotopic (exact) mass is 277 g/mol. The number of imidazole rings is 1. The van der Waals surface area contributed by atoms with Crippen LogP contribution in [0, 0.1) is 11.6 Å². The van der Waals surface area contributed by atoms with E-state index in [1.165, 1.54) is 17.8 Å². The molecule has 0 saturated carbocycles. The molecule has 1 heterocycles. The Morgan fingerprint density at radius 2 is 1.89 bits per heavy atom. The first kappa shape index (κ1) is 12.0. The van der Waals surface area contributed by atoms with Crippen LogP contribution >= 0.6 is 11.8 Å². The number of H-pyrrole nitrogens is 1. The zero-order valence-corrected chi connectivity index (χ0v) is 10.5. The lowest BCUT2D eigenvalue weighted by molar-refractivity contribution is 0.506. The molecule has 2 aromatic carbocycles. The molecule has 6 heteroatoms. The number of benzene rings is 2. The van der Waals surface area contributed by atoms with Gasteiger partial charge in [-0.3, -0.25) is 0 Å². The van der Waals surface area contributed by atoms with Gasteiger partial charge in [0.15, 0.2) is 16.8 Å². The number of hydrogen-bond acceptors (Lipinski definition) is 3.